The van der Waals surface area contributed by atoms with E-state index in [1.165, 1.54) is 51.4 Å². The highest BCUT2D eigenvalue weighted by Gasteiger charge is 2.12. The van der Waals surface area contributed by atoms with Gasteiger partial charge < -0.3 is 33.2 Å². The van der Waals surface area contributed by atoms with Crippen LogP contribution in [-0.4, -0.2) is 65.8 Å². The lowest BCUT2D eigenvalue weighted by molar-refractivity contribution is -0.188. The van der Waals surface area contributed by atoms with Crippen molar-refractivity contribution in [2.75, 3.05) is 40.6 Å². The monoisotopic (exact) mass is 615 g/mol. The van der Waals surface area contributed by atoms with Crippen molar-refractivity contribution in [1.82, 2.24) is 0 Å². The van der Waals surface area contributed by atoms with Gasteiger partial charge in [-0.3, -0.25) is 0 Å². The van der Waals surface area contributed by atoms with E-state index in [1.807, 2.05) is 12.2 Å². The van der Waals surface area contributed by atoms with Crippen LogP contribution in [0.1, 0.15) is 143 Å². The average molecular weight is 615 g/mol. The molecule has 0 N–H and O–H groups in total. The van der Waals surface area contributed by atoms with E-state index >= 15 is 0 Å². The van der Waals surface area contributed by atoms with Crippen LogP contribution in [0, 0.1) is 0 Å². The molecule has 0 saturated heterocycles. The van der Waals surface area contributed by atoms with Crippen LogP contribution in [0.25, 0.3) is 0 Å². The van der Waals surface area contributed by atoms with E-state index in [-0.39, 0.29) is 12.6 Å². The Labute approximate surface area is 266 Å². The summed E-state index contributed by atoms with van der Waals surface area (Å²) in [6.45, 7) is 11.9. The van der Waals surface area contributed by atoms with E-state index in [1.54, 1.807) is 14.2 Å². The second-order valence-electron chi connectivity index (χ2n) is 11.2. The Morgan fingerprint density at radius 2 is 0.767 bits per heavy atom. The van der Waals surface area contributed by atoms with Gasteiger partial charge in [0, 0.05) is 40.6 Å². The van der Waals surface area contributed by atoms with Crippen LogP contribution >= 0.6 is 0 Å². The number of rotatable bonds is 34. The summed E-state index contributed by atoms with van der Waals surface area (Å²) in [5.74, 6) is 0. The number of hydrogen-bond acceptors (Lipinski definition) is 7. The first-order valence-electron chi connectivity index (χ1n) is 17.7. The van der Waals surface area contributed by atoms with Crippen LogP contribution in [0.3, 0.4) is 0 Å². The molecule has 0 heterocycles. The molecular weight excluding hydrogens is 544 g/mol. The Bertz CT molecular complexity index is 524. The summed E-state index contributed by atoms with van der Waals surface area (Å²) in [4.78, 5) is 0. The topological polar surface area (TPSA) is 64.6 Å². The minimum absolute atomic E-state index is 0.116. The molecule has 43 heavy (non-hydrogen) atoms. The van der Waals surface area contributed by atoms with Gasteiger partial charge in [0.05, 0.1) is 0 Å². The van der Waals surface area contributed by atoms with Crippen molar-refractivity contribution >= 4 is 0 Å². The molecule has 0 rings (SSSR count). The molecule has 0 aromatic carbocycles. The second kappa shape index (κ2) is 34.1. The number of allylic oxidation sites excluding steroid dienone is 2. The molecule has 2 unspecified atom stereocenters. The molecule has 2 atom stereocenters. The minimum atomic E-state index is -0.474. The first kappa shape index (κ1) is 42.2. The summed E-state index contributed by atoms with van der Waals surface area (Å²) in [5.41, 5.74) is 0. The lowest BCUT2D eigenvalue weighted by atomic mass is 10.2. The molecule has 0 aromatic heterocycles. The fraction of sp³-hybridized carbons (Fsp3) is 0.889. The summed E-state index contributed by atoms with van der Waals surface area (Å²) >= 11 is 0. The van der Waals surface area contributed by atoms with E-state index in [9.17, 15) is 0 Å². The van der Waals surface area contributed by atoms with Crippen LogP contribution in [0.5, 0.6) is 0 Å². The Morgan fingerprint density at radius 3 is 1.05 bits per heavy atom. The first-order valence-corrected chi connectivity index (χ1v) is 17.7. The molecule has 0 radical (unpaired) electrons. The SMILES string of the molecule is CCCCCOC(CCCC=CC(OC)OC(C=CCCCC(OCCCCC)OCCCCC)OC)OCCCCC. The zero-order chi connectivity index (χ0) is 31.6. The van der Waals surface area contributed by atoms with Crippen molar-refractivity contribution in [2.24, 2.45) is 0 Å². The Hall–Kier alpha value is -0.800. The van der Waals surface area contributed by atoms with E-state index in [0.29, 0.717) is 0 Å². The second-order valence-corrected chi connectivity index (χ2v) is 11.2. The van der Waals surface area contributed by atoms with Gasteiger partial charge in [-0.15, -0.1) is 0 Å². The van der Waals surface area contributed by atoms with Gasteiger partial charge in [0.25, 0.3) is 0 Å². The van der Waals surface area contributed by atoms with Crippen molar-refractivity contribution in [3.05, 3.63) is 24.3 Å². The minimum Gasteiger partial charge on any atom is -0.353 e. The first-order chi connectivity index (χ1) is 21.1. The maximum atomic E-state index is 6.03. The highest BCUT2D eigenvalue weighted by Crippen LogP contribution is 2.13. The Balaban J connectivity index is 4.49. The molecule has 0 bridgehead atoms. The summed E-state index contributed by atoms with van der Waals surface area (Å²) in [6.07, 6.45) is 26.5. The maximum Gasteiger partial charge on any atom is 0.179 e. The molecule has 0 spiro atoms. The van der Waals surface area contributed by atoms with Gasteiger partial charge in [0.1, 0.15) is 0 Å². The molecule has 0 fully saturated rings. The summed E-state index contributed by atoms with van der Waals surface area (Å²) in [5, 5.41) is 0. The molecular formula is C36H70O7. The third-order valence-electron chi connectivity index (χ3n) is 7.15. The molecule has 7 nitrogen and oxygen atoms in total. The van der Waals surface area contributed by atoms with Crippen molar-refractivity contribution in [2.45, 2.75) is 168 Å². The Kier molecular flexibility index (Phi) is 33.4. The number of hydrogen-bond donors (Lipinski definition) is 0. The van der Waals surface area contributed by atoms with Crippen molar-refractivity contribution in [3.8, 4) is 0 Å². The zero-order valence-electron chi connectivity index (χ0n) is 29.0. The van der Waals surface area contributed by atoms with Gasteiger partial charge in [0.15, 0.2) is 25.2 Å². The molecule has 0 aliphatic heterocycles. The van der Waals surface area contributed by atoms with Gasteiger partial charge in [-0.1, -0.05) is 91.2 Å². The van der Waals surface area contributed by atoms with Crippen LogP contribution in [0.2, 0.25) is 0 Å². The quantitative estimate of drug-likeness (QED) is 0.0406. The van der Waals surface area contributed by atoms with E-state index in [2.05, 4.69) is 39.8 Å². The smallest absolute Gasteiger partial charge is 0.179 e. The third-order valence-corrected chi connectivity index (χ3v) is 7.15. The zero-order valence-corrected chi connectivity index (χ0v) is 29.0. The molecule has 7 heteroatoms. The lowest BCUT2D eigenvalue weighted by Gasteiger charge is -2.19. The molecule has 0 saturated carbocycles. The normalized spacial score (nSPS) is 13.8. The summed E-state index contributed by atoms with van der Waals surface area (Å²) in [6, 6.07) is 0. The summed E-state index contributed by atoms with van der Waals surface area (Å²) in [7, 11) is 3.30. The molecule has 0 aliphatic carbocycles. The number of methoxy groups -OCH3 is 2. The van der Waals surface area contributed by atoms with Gasteiger partial charge in [-0.25, -0.2) is 0 Å². The fourth-order valence-corrected chi connectivity index (χ4v) is 4.41. The number of unbranched alkanes of at least 4 members (excludes halogenated alkanes) is 10. The lowest BCUT2D eigenvalue weighted by Crippen LogP contribution is -2.22. The van der Waals surface area contributed by atoms with Crippen LogP contribution in [0.15, 0.2) is 24.3 Å². The van der Waals surface area contributed by atoms with Gasteiger partial charge in [-0.05, 0) is 76.4 Å². The van der Waals surface area contributed by atoms with Gasteiger partial charge in [-0.2, -0.15) is 0 Å². The summed E-state index contributed by atoms with van der Waals surface area (Å²) < 4.78 is 41.1. The van der Waals surface area contributed by atoms with E-state index < -0.39 is 12.6 Å². The third kappa shape index (κ3) is 28.4. The molecule has 0 aliphatic rings. The standard InChI is InChI=1S/C36H70O7/c1-7-11-21-29-39-35(40-30-22-12-8-2)27-19-15-17-25-33(37-5)43-34(38-6)26-18-16-20-28-36(41-31-23-13-9-3)42-32-24-14-10-4/h17-18,25-26,33-36H,7-16,19-24,27-32H2,1-6H3. The van der Waals surface area contributed by atoms with Crippen LogP contribution in [-0.2, 0) is 33.2 Å². The fourth-order valence-electron chi connectivity index (χ4n) is 4.41. The van der Waals surface area contributed by atoms with E-state index in [4.69, 9.17) is 33.2 Å². The van der Waals surface area contributed by atoms with Crippen molar-refractivity contribution in [3.63, 3.8) is 0 Å². The van der Waals surface area contributed by atoms with Gasteiger partial charge in [0.2, 0.25) is 0 Å². The molecule has 256 valence electrons. The largest absolute Gasteiger partial charge is 0.353 e. The highest BCUT2D eigenvalue weighted by atomic mass is 16.8. The van der Waals surface area contributed by atoms with Gasteiger partial charge >= 0.3 is 0 Å². The predicted molar refractivity (Wildman–Crippen MR) is 178 cm³/mol. The van der Waals surface area contributed by atoms with Crippen molar-refractivity contribution < 1.29 is 33.2 Å². The number of ether oxygens (including phenoxy) is 7. The van der Waals surface area contributed by atoms with Crippen LogP contribution < -0.4 is 0 Å². The Morgan fingerprint density at radius 1 is 0.442 bits per heavy atom. The maximum absolute atomic E-state index is 6.03. The van der Waals surface area contributed by atoms with Crippen molar-refractivity contribution in [1.29, 1.82) is 0 Å². The van der Waals surface area contributed by atoms with E-state index in [0.717, 1.165) is 90.6 Å². The molecule has 0 aromatic rings. The highest BCUT2D eigenvalue weighted by molar-refractivity contribution is 4.89. The predicted octanol–water partition coefficient (Wildman–Crippen LogP) is 9.88. The average Bonchev–Trinajstić information content (AvgIpc) is 3.02. The van der Waals surface area contributed by atoms with Crippen LogP contribution in [0.4, 0.5) is 0 Å². The molecule has 0 amide bonds.